The molecule has 0 fully saturated rings. The molecule has 2 aromatic rings. The third kappa shape index (κ3) is 6.41. The van der Waals surface area contributed by atoms with Gasteiger partial charge in [0.1, 0.15) is 0 Å². The Labute approximate surface area is 163 Å². The molecule has 0 saturated heterocycles. The minimum atomic E-state index is -0.893. The molecule has 24 heavy (non-hydrogen) atoms. The van der Waals surface area contributed by atoms with Gasteiger partial charge in [-0.15, -0.1) is 17.2 Å². The van der Waals surface area contributed by atoms with Gasteiger partial charge in [0.15, 0.2) is 0 Å². The van der Waals surface area contributed by atoms with E-state index in [4.69, 9.17) is 11.6 Å². The van der Waals surface area contributed by atoms with Gasteiger partial charge in [-0.05, 0) is 17.3 Å². The summed E-state index contributed by atoms with van der Waals surface area (Å²) in [7, 11) is 0. The molecule has 0 aliphatic heterocycles. The summed E-state index contributed by atoms with van der Waals surface area (Å²) in [6.07, 6.45) is 0.561. The van der Waals surface area contributed by atoms with E-state index in [1.54, 1.807) is 0 Å². The summed E-state index contributed by atoms with van der Waals surface area (Å²) in [4.78, 5) is 0. The van der Waals surface area contributed by atoms with E-state index in [2.05, 4.69) is 41.5 Å². The van der Waals surface area contributed by atoms with Crippen LogP contribution < -0.4 is 0 Å². The van der Waals surface area contributed by atoms with Crippen LogP contribution in [-0.2, 0) is 22.7 Å². The second-order valence-corrected chi connectivity index (χ2v) is 8.81. The second kappa shape index (κ2) is 9.25. The number of alkyl halides is 1. The van der Waals surface area contributed by atoms with Crippen LogP contribution >= 0.6 is 11.6 Å². The van der Waals surface area contributed by atoms with Crippen LogP contribution in [-0.4, -0.2) is 10.5 Å². The number of hydrogen-bond donors (Lipinski definition) is 1. The van der Waals surface area contributed by atoms with Gasteiger partial charge in [-0.3, -0.25) is 0 Å². The third-order valence-corrected chi connectivity index (χ3v) is 5.16. The van der Waals surface area contributed by atoms with E-state index in [1.807, 2.05) is 54.6 Å². The van der Waals surface area contributed by atoms with Crippen LogP contribution in [0.5, 0.6) is 0 Å². The van der Waals surface area contributed by atoms with Gasteiger partial charge < -0.3 is 5.11 Å². The zero-order valence-corrected chi connectivity index (χ0v) is 17.5. The zero-order valence-electron chi connectivity index (χ0n) is 15.7. The van der Waals surface area contributed by atoms with E-state index < -0.39 is 5.60 Å². The van der Waals surface area contributed by atoms with Crippen LogP contribution in [0.15, 0.2) is 54.6 Å². The molecule has 2 rings (SSSR count). The largest absolute Gasteiger partial charge is 0.397 e. The van der Waals surface area contributed by atoms with E-state index in [1.165, 1.54) is 0 Å². The first-order valence-electron chi connectivity index (χ1n) is 8.24. The summed E-state index contributed by atoms with van der Waals surface area (Å²) in [5, 5.41) is 11.1. The first-order chi connectivity index (χ1) is 10.5. The molecular weight excluding hydrogens is 360 g/mol. The Balaban J connectivity index is 0.000000751. The molecule has 0 bridgehead atoms. The van der Waals surface area contributed by atoms with Crippen molar-refractivity contribution >= 4 is 11.6 Å². The Morgan fingerprint density at radius 3 is 1.71 bits per heavy atom. The zero-order chi connectivity index (χ0) is 17.7. The standard InChI is InChI=1S/C16H26ClO.C5H5.Fe/c1-14(2,3)13(17)11-16(18,15(4,5)6)12-9-7-8-10-12;1-2-4-5-3-1;/h7-10,13,18H,11H2,1-6H3;1-5H;/q2*-1;. The Morgan fingerprint density at radius 2 is 1.42 bits per heavy atom. The van der Waals surface area contributed by atoms with Crippen molar-refractivity contribution in [2.75, 3.05) is 0 Å². The van der Waals surface area contributed by atoms with Gasteiger partial charge in [0.05, 0.1) is 5.60 Å². The van der Waals surface area contributed by atoms with E-state index in [0.29, 0.717) is 6.42 Å². The minimum absolute atomic E-state index is 0. The van der Waals surface area contributed by atoms with Gasteiger partial charge in [0.2, 0.25) is 0 Å². The van der Waals surface area contributed by atoms with Crippen LogP contribution in [0, 0.1) is 10.8 Å². The SMILES string of the molecule is CC(C)(C)C(Cl)CC(O)([c-]1cccc1)C(C)(C)C.[Fe].c1cc[cH-]c1. The Morgan fingerprint density at radius 1 is 0.958 bits per heavy atom. The van der Waals surface area contributed by atoms with Crippen molar-refractivity contribution in [2.24, 2.45) is 10.8 Å². The number of aliphatic hydroxyl groups is 1. The molecule has 2 unspecified atom stereocenters. The molecule has 0 aliphatic rings. The topological polar surface area (TPSA) is 20.2 Å². The molecule has 2 aromatic carbocycles. The predicted molar refractivity (Wildman–Crippen MR) is 101 cm³/mol. The number of hydrogen-bond acceptors (Lipinski definition) is 1. The molecule has 0 amide bonds. The van der Waals surface area contributed by atoms with Crippen LogP contribution in [0.4, 0.5) is 0 Å². The van der Waals surface area contributed by atoms with Crippen molar-refractivity contribution in [1.29, 1.82) is 0 Å². The third-order valence-electron chi connectivity index (χ3n) is 4.35. The average Bonchev–Trinajstić information content (AvgIpc) is 3.12. The summed E-state index contributed by atoms with van der Waals surface area (Å²) in [5.41, 5.74) is -0.201. The molecule has 0 spiro atoms. The van der Waals surface area contributed by atoms with E-state index in [-0.39, 0.29) is 33.3 Å². The van der Waals surface area contributed by atoms with Crippen LogP contribution in [0.25, 0.3) is 0 Å². The summed E-state index contributed by atoms with van der Waals surface area (Å²) < 4.78 is 0. The van der Waals surface area contributed by atoms with E-state index >= 15 is 0 Å². The Kier molecular flexibility index (Phi) is 9.04. The molecular formula is C21H31ClFeO-2. The van der Waals surface area contributed by atoms with Gasteiger partial charge in [-0.2, -0.15) is 30.3 Å². The molecule has 1 nitrogen and oxygen atoms in total. The average molecular weight is 391 g/mol. The Bertz CT molecular complexity index is 514. The maximum atomic E-state index is 11.2. The molecule has 3 heteroatoms. The quantitative estimate of drug-likeness (QED) is 0.382. The molecule has 0 aliphatic carbocycles. The second-order valence-electron chi connectivity index (χ2n) is 8.28. The smallest absolute Gasteiger partial charge is 0.0524 e. The maximum absolute atomic E-state index is 11.2. The van der Waals surface area contributed by atoms with Crippen molar-refractivity contribution in [3.05, 3.63) is 60.2 Å². The molecule has 1 N–H and O–H groups in total. The van der Waals surface area contributed by atoms with Crippen LogP contribution in [0.3, 0.4) is 0 Å². The summed E-state index contributed by atoms with van der Waals surface area (Å²) in [5.74, 6) is 0. The van der Waals surface area contributed by atoms with Crippen molar-refractivity contribution in [2.45, 2.75) is 58.9 Å². The van der Waals surface area contributed by atoms with Gasteiger partial charge in [0, 0.05) is 22.4 Å². The maximum Gasteiger partial charge on any atom is 0.0524 e. The van der Waals surface area contributed by atoms with Crippen LogP contribution in [0.1, 0.15) is 53.5 Å². The van der Waals surface area contributed by atoms with E-state index in [9.17, 15) is 5.11 Å². The summed E-state index contributed by atoms with van der Waals surface area (Å²) in [6, 6.07) is 17.9. The minimum Gasteiger partial charge on any atom is -0.397 e. The van der Waals surface area contributed by atoms with Gasteiger partial charge in [-0.1, -0.05) is 41.5 Å². The predicted octanol–water partition coefficient (Wildman–Crippen LogP) is 6.09. The molecule has 2 atom stereocenters. The van der Waals surface area contributed by atoms with Crippen LogP contribution in [0.2, 0.25) is 0 Å². The fraction of sp³-hybridized carbons (Fsp3) is 0.524. The van der Waals surface area contributed by atoms with Crippen molar-refractivity contribution in [3.8, 4) is 0 Å². The van der Waals surface area contributed by atoms with Gasteiger partial charge in [-0.25, -0.2) is 24.3 Å². The molecule has 0 saturated carbocycles. The van der Waals surface area contributed by atoms with Crippen molar-refractivity contribution < 1.29 is 22.2 Å². The molecule has 0 radical (unpaired) electrons. The first kappa shape index (κ1) is 23.5. The first-order valence-corrected chi connectivity index (χ1v) is 8.67. The fourth-order valence-electron chi connectivity index (χ4n) is 2.39. The molecule has 0 aromatic heterocycles. The monoisotopic (exact) mass is 390 g/mol. The summed E-state index contributed by atoms with van der Waals surface area (Å²) in [6.45, 7) is 12.5. The normalized spacial score (nSPS) is 15.5. The molecule has 0 heterocycles. The summed E-state index contributed by atoms with van der Waals surface area (Å²) >= 11 is 6.50. The fourth-order valence-corrected chi connectivity index (χ4v) is 2.62. The van der Waals surface area contributed by atoms with Crippen molar-refractivity contribution in [1.82, 2.24) is 0 Å². The number of halogens is 1. The van der Waals surface area contributed by atoms with E-state index in [0.717, 1.165) is 5.56 Å². The number of rotatable bonds is 3. The Hall–Kier alpha value is -0.531. The van der Waals surface area contributed by atoms with Crippen molar-refractivity contribution in [3.63, 3.8) is 0 Å². The molecule has 138 valence electrons. The van der Waals surface area contributed by atoms with Gasteiger partial charge >= 0.3 is 0 Å². The van der Waals surface area contributed by atoms with Gasteiger partial charge in [0.25, 0.3) is 0 Å².